The number of hydrogen-bond acceptors (Lipinski definition) is 1. The van der Waals surface area contributed by atoms with Crippen molar-refractivity contribution in [2.24, 2.45) is 11.7 Å². The van der Waals surface area contributed by atoms with Crippen LogP contribution in [0, 0.1) is 19.8 Å². The number of nitrogens with two attached hydrogens (primary N) is 1. The van der Waals surface area contributed by atoms with Crippen LogP contribution >= 0.6 is 0 Å². The smallest absolute Gasteiger partial charge is 0.00746 e. The maximum absolute atomic E-state index is 5.56. The van der Waals surface area contributed by atoms with Crippen molar-refractivity contribution in [2.75, 3.05) is 6.54 Å². The normalized spacial score (nSPS) is 12.9. The average molecular weight is 191 g/mol. The van der Waals surface area contributed by atoms with Gasteiger partial charge in [0.2, 0.25) is 0 Å². The van der Waals surface area contributed by atoms with Gasteiger partial charge in [-0.05, 0) is 55.8 Å². The van der Waals surface area contributed by atoms with Crippen LogP contribution in [-0.2, 0) is 6.42 Å². The maximum Gasteiger partial charge on any atom is -0.00746 e. The van der Waals surface area contributed by atoms with Gasteiger partial charge in [0, 0.05) is 0 Å². The van der Waals surface area contributed by atoms with Crippen molar-refractivity contribution < 1.29 is 0 Å². The van der Waals surface area contributed by atoms with Gasteiger partial charge in [-0.2, -0.15) is 0 Å². The Hall–Kier alpha value is -0.820. The molecule has 0 amide bonds. The van der Waals surface area contributed by atoms with Gasteiger partial charge in [0.05, 0.1) is 0 Å². The van der Waals surface area contributed by atoms with Gasteiger partial charge in [0.1, 0.15) is 0 Å². The summed E-state index contributed by atoms with van der Waals surface area (Å²) >= 11 is 0. The zero-order chi connectivity index (χ0) is 10.6. The Balaban J connectivity index is 2.75. The summed E-state index contributed by atoms with van der Waals surface area (Å²) < 4.78 is 0. The second-order valence-corrected chi connectivity index (χ2v) is 4.26. The highest BCUT2D eigenvalue weighted by molar-refractivity contribution is 5.33. The van der Waals surface area contributed by atoms with Crippen molar-refractivity contribution in [3.05, 3.63) is 34.9 Å². The molecule has 0 radical (unpaired) electrons. The second-order valence-electron chi connectivity index (χ2n) is 4.26. The van der Waals surface area contributed by atoms with E-state index in [1.165, 1.54) is 16.7 Å². The van der Waals surface area contributed by atoms with Gasteiger partial charge in [-0.25, -0.2) is 0 Å². The molecule has 1 atom stereocenters. The molecule has 0 aromatic heterocycles. The first kappa shape index (κ1) is 11.3. The van der Waals surface area contributed by atoms with Gasteiger partial charge < -0.3 is 5.73 Å². The molecule has 0 fully saturated rings. The standard InChI is InChI=1S/C13H21N/c1-10(7-8-14)9-13-11(2)5-4-6-12(13)3/h4-6,10H,7-9,14H2,1-3H3. The van der Waals surface area contributed by atoms with E-state index < -0.39 is 0 Å². The molecule has 0 saturated carbocycles. The lowest BCUT2D eigenvalue weighted by Gasteiger charge is -2.14. The number of benzene rings is 1. The lowest BCUT2D eigenvalue weighted by molar-refractivity contribution is 0.536. The van der Waals surface area contributed by atoms with Crippen LogP contribution in [0.4, 0.5) is 0 Å². The van der Waals surface area contributed by atoms with Crippen LogP contribution in [0.2, 0.25) is 0 Å². The highest BCUT2D eigenvalue weighted by Crippen LogP contribution is 2.18. The Labute approximate surface area is 87.3 Å². The predicted molar refractivity (Wildman–Crippen MR) is 62.5 cm³/mol. The van der Waals surface area contributed by atoms with Crippen LogP contribution in [0.1, 0.15) is 30.0 Å². The fraction of sp³-hybridized carbons (Fsp3) is 0.538. The minimum atomic E-state index is 0.694. The molecule has 1 unspecified atom stereocenters. The van der Waals surface area contributed by atoms with E-state index in [0.717, 1.165) is 19.4 Å². The molecule has 1 aromatic rings. The van der Waals surface area contributed by atoms with Crippen molar-refractivity contribution in [1.82, 2.24) is 0 Å². The van der Waals surface area contributed by atoms with Gasteiger partial charge in [-0.1, -0.05) is 25.1 Å². The second kappa shape index (κ2) is 5.16. The molecule has 0 aliphatic rings. The van der Waals surface area contributed by atoms with Crippen LogP contribution in [0.25, 0.3) is 0 Å². The summed E-state index contributed by atoms with van der Waals surface area (Å²) in [5, 5.41) is 0. The van der Waals surface area contributed by atoms with E-state index in [1.54, 1.807) is 0 Å². The summed E-state index contributed by atoms with van der Waals surface area (Å²) in [5.41, 5.74) is 9.89. The van der Waals surface area contributed by atoms with Gasteiger partial charge in [-0.15, -0.1) is 0 Å². The van der Waals surface area contributed by atoms with E-state index in [1.807, 2.05) is 0 Å². The maximum atomic E-state index is 5.56. The number of hydrogen-bond donors (Lipinski definition) is 1. The van der Waals surface area contributed by atoms with Crippen molar-refractivity contribution >= 4 is 0 Å². The SMILES string of the molecule is Cc1cccc(C)c1CC(C)CCN. The Morgan fingerprint density at radius 2 is 1.79 bits per heavy atom. The Morgan fingerprint density at radius 1 is 1.21 bits per heavy atom. The minimum Gasteiger partial charge on any atom is -0.330 e. The summed E-state index contributed by atoms with van der Waals surface area (Å²) in [7, 11) is 0. The third kappa shape index (κ3) is 2.85. The summed E-state index contributed by atoms with van der Waals surface area (Å²) in [6, 6.07) is 6.51. The summed E-state index contributed by atoms with van der Waals surface area (Å²) in [4.78, 5) is 0. The fourth-order valence-corrected chi connectivity index (χ4v) is 1.91. The largest absolute Gasteiger partial charge is 0.330 e. The minimum absolute atomic E-state index is 0.694. The Bertz CT molecular complexity index is 271. The average Bonchev–Trinajstić information content (AvgIpc) is 2.12. The predicted octanol–water partition coefficient (Wildman–Crippen LogP) is 2.83. The van der Waals surface area contributed by atoms with Gasteiger partial charge >= 0.3 is 0 Å². The molecule has 0 aliphatic carbocycles. The van der Waals surface area contributed by atoms with Crippen molar-refractivity contribution in [2.45, 2.75) is 33.6 Å². The topological polar surface area (TPSA) is 26.0 Å². The van der Waals surface area contributed by atoms with Crippen LogP contribution in [-0.4, -0.2) is 6.54 Å². The Kier molecular flexibility index (Phi) is 4.15. The lowest BCUT2D eigenvalue weighted by Crippen LogP contribution is -2.09. The highest BCUT2D eigenvalue weighted by Gasteiger charge is 2.07. The zero-order valence-electron chi connectivity index (χ0n) is 9.51. The van der Waals surface area contributed by atoms with Crippen molar-refractivity contribution in [3.8, 4) is 0 Å². The molecule has 0 heterocycles. The molecule has 0 saturated heterocycles. The van der Waals surface area contributed by atoms with E-state index in [4.69, 9.17) is 5.73 Å². The monoisotopic (exact) mass is 191 g/mol. The van der Waals surface area contributed by atoms with Crippen molar-refractivity contribution in [1.29, 1.82) is 0 Å². The molecule has 2 N–H and O–H groups in total. The van der Waals surface area contributed by atoms with E-state index in [2.05, 4.69) is 39.0 Å². The quantitative estimate of drug-likeness (QED) is 0.778. The number of aryl methyl sites for hydroxylation is 2. The first-order chi connectivity index (χ1) is 6.65. The van der Waals surface area contributed by atoms with Crippen LogP contribution < -0.4 is 5.73 Å². The fourth-order valence-electron chi connectivity index (χ4n) is 1.91. The van der Waals surface area contributed by atoms with Gasteiger partial charge in [-0.3, -0.25) is 0 Å². The molecule has 1 heteroatoms. The van der Waals surface area contributed by atoms with Crippen LogP contribution in [0.15, 0.2) is 18.2 Å². The number of rotatable bonds is 4. The van der Waals surface area contributed by atoms with Gasteiger partial charge in [0.25, 0.3) is 0 Å². The summed E-state index contributed by atoms with van der Waals surface area (Å²) in [5.74, 6) is 0.694. The molecule has 0 spiro atoms. The van der Waals surface area contributed by atoms with Crippen LogP contribution in [0.5, 0.6) is 0 Å². The van der Waals surface area contributed by atoms with E-state index >= 15 is 0 Å². The Morgan fingerprint density at radius 3 is 2.29 bits per heavy atom. The van der Waals surface area contributed by atoms with Gasteiger partial charge in [0.15, 0.2) is 0 Å². The molecular formula is C13H21N. The van der Waals surface area contributed by atoms with E-state index in [-0.39, 0.29) is 0 Å². The molecule has 1 aromatic carbocycles. The zero-order valence-corrected chi connectivity index (χ0v) is 9.51. The highest BCUT2D eigenvalue weighted by atomic mass is 14.5. The molecular weight excluding hydrogens is 170 g/mol. The van der Waals surface area contributed by atoms with Crippen molar-refractivity contribution in [3.63, 3.8) is 0 Å². The summed E-state index contributed by atoms with van der Waals surface area (Å²) in [6.07, 6.45) is 2.28. The van der Waals surface area contributed by atoms with E-state index in [0.29, 0.717) is 5.92 Å². The first-order valence-electron chi connectivity index (χ1n) is 5.40. The summed E-state index contributed by atoms with van der Waals surface area (Å²) in [6.45, 7) is 7.46. The molecule has 1 rings (SSSR count). The van der Waals surface area contributed by atoms with Crippen LogP contribution in [0.3, 0.4) is 0 Å². The molecule has 0 bridgehead atoms. The third-order valence-corrected chi connectivity index (χ3v) is 2.86. The molecule has 14 heavy (non-hydrogen) atoms. The third-order valence-electron chi connectivity index (χ3n) is 2.86. The molecule has 0 aliphatic heterocycles. The molecule has 78 valence electrons. The van der Waals surface area contributed by atoms with E-state index in [9.17, 15) is 0 Å². The lowest BCUT2D eigenvalue weighted by atomic mass is 9.92. The first-order valence-corrected chi connectivity index (χ1v) is 5.40. The molecule has 1 nitrogen and oxygen atoms in total.